The highest BCUT2D eigenvalue weighted by Crippen LogP contribution is 2.29. The molecule has 2 nitrogen and oxygen atoms in total. The lowest BCUT2D eigenvalue weighted by Gasteiger charge is -2.23. The van der Waals surface area contributed by atoms with Crippen molar-refractivity contribution in [3.63, 3.8) is 0 Å². The van der Waals surface area contributed by atoms with E-state index in [4.69, 9.17) is 16.3 Å². The van der Waals surface area contributed by atoms with Crippen LogP contribution in [0.2, 0.25) is 0 Å². The van der Waals surface area contributed by atoms with Crippen LogP contribution in [-0.4, -0.2) is 11.0 Å². The van der Waals surface area contributed by atoms with Crippen molar-refractivity contribution in [3.8, 4) is 11.5 Å². The smallest absolute Gasteiger partial charge is 0.128 e. The Morgan fingerprint density at radius 2 is 1.86 bits per heavy atom. The fourth-order valence-corrected chi connectivity index (χ4v) is 2.62. The first kappa shape index (κ1) is 16.3. The molecule has 0 spiro atoms. The van der Waals surface area contributed by atoms with Crippen molar-refractivity contribution in [2.45, 2.75) is 25.4 Å². The quantitative estimate of drug-likeness (QED) is 0.684. The molecule has 0 bridgehead atoms. The second-order valence-electron chi connectivity index (χ2n) is 5.15. The maximum atomic E-state index is 10.4. The second kappa shape index (κ2) is 7.30. The van der Waals surface area contributed by atoms with Gasteiger partial charge >= 0.3 is 0 Å². The minimum Gasteiger partial charge on any atom is -0.457 e. The lowest BCUT2D eigenvalue weighted by molar-refractivity contribution is 0.0471. The van der Waals surface area contributed by atoms with Crippen LogP contribution in [-0.2, 0) is 5.60 Å². The molecule has 0 amide bonds. The number of alkyl halides is 1. The van der Waals surface area contributed by atoms with Crippen molar-refractivity contribution in [2.75, 3.05) is 5.88 Å². The monoisotopic (exact) mass is 368 g/mol. The summed E-state index contributed by atoms with van der Waals surface area (Å²) in [4.78, 5) is 0. The molecular formula is C17H18BrClO2. The third-order valence-corrected chi connectivity index (χ3v) is 4.07. The maximum absolute atomic E-state index is 10.4. The number of aliphatic hydroxyl groups is 1. The van der Waals surface area contributed by atoms with Gasteiger partial charge in [-0.25, -0.2) is 0 Å². The van der Waals surface area contributed by atoms with Crippen molar-refractivity contribution < 1.29 is 9.84 Å². The van der Waals surface area contributed by atoms with Crippen LogP contribution in [0.3, 0.4) is 0 Å². The van der Waals surface area contributed by atoms with Crippen molar-refractivity contribution in [3.05, 3.63) is 58.6 Å². The third kappa shape index (κ3) is 4.73. The molecule has 0 aliphatic carbocycles. The molecule has 1 atom stereocenters. The zero-order chi connectivity index (χ0) is 15.3. The largest absolute Gasteiger partial charge is 0.457 e. The van der Waals surface area contributed by atoms with E-state index in [9.17, 15) is 5.11 Å². The van der Waals surface area contributed by atoms with E-state index >= 15 is 0 Å². The van der Waals surface area contributed by atoms with Gasteiger partial charge in [-0.3, -0.25) is 0 Å². The van der Waals surface area contributed by atoms with Crippen LogP contribution in [0.5, 0.6) is 11.5 Å². The highest BCUT2D eigenvalue weighted by molar-refractivity contribution is 9.10. The Labute approximate surface area is 138 Å². The molecule has 0 heterocycles. The van der Waals surface area contributed by atoms with Gasteiger partial charge in [-0.2, -0.15) is 0 Å². The molecule has 1 N–H and O–H groups in total. The molecule has 1 unspecified atom stereocenters. The van der Waals surface area contributed by atoms with Gasteiger partial charge in [0.1, 0.15) is 11.5 Å². The van der Waals surface area contributed by atoms with E-state index in [2.05, 4.69) is 15.9 Å². The predicted octanol–water partition coefficient (Wildman–Crippen LogP) is 5.47. The van der Waals surface area contributed by atoms with Crippen molar-refractivity contribution in [1.29, 1.82) is 0 Å². The van der Waals surface area contributed by atoms with E-state index < -0.39 is 5.60 Å². The highest BCUT2D eigenvalue weighted by atomic mass is 79.9. The average Bonchev–Trinajstić information content (AvgIpc) is 2.46. The maximum Gasteiger partial charge on any atom is 0.128 e. The van der Waals surface area contributed by atoms with Crippen LogP contribution >= 0.6 is 27.5 Å². The van der Waals surface area contributed by atoms with E-state index in [1.165, 1.54) is 0 Å². The topological polar surface area (TPSA) is 29.5 Å². The Balaban J connectivity index is 2.08. The molecule has 2 rings (SSSR count). The van der Waals surface area contributed by atoms with E-state index in [0.29, 0.717) is 12.3 Å². The summed E-state index contributed by atoms with van der Waals surface area (Å²) in [6.07, 6.45) is 1.42. The molecule has 4 heteroatoms. The van der Waals surface area contributed by atoms with Crippen LogP contribution in [0.25, 0.3) is 0 Å². The van der Waals surface area contributed by atoms with Gasteiger partial charge in [0, 0.05) is 10.4 Å². The van der Waals surface area contributed by atoms with E-state index in [0.717, 1.165) is 28.0 Å². The minimum absolute atomic E-state index is 0.556. The lowest BCUT2D eigenvalue weighted by Crippen LogP contribution is -2.21. The predicted molar refractivity (Wildman–Crippen MR) is 90.2 cm³/mol. The molecule has 0 radical (unpaired) electrons. The van der Waals surface area contributed by atoms with Gasteiger partial charge in [-0.15, -0.1) is 11.6 Å². The Morgan fingerprint density at radius 1 is 1.14 bits per heavy atom. The van der Waals surface area contributed by atoms with E-state index in [1.54, 1.807) is 0 Å². The average molecular weight is 370 g/mol. The molecule has 2 aromatic rings. The summed E-state index contributed by atoms with van der Waals surface area (Å²) >= 11 is 9.10. The summed E-state index contributed by atoms with van der Waals surface area (Å²) in [6, 6.07) is 15.2. The standard InChI is InChI=1S/C17H18BrClO2/c1-17(20,10-3-11-19)13-6-8-15(9-7-13)21-16-5-2-4-14(18)12-16/h2,4-9,12,20H,3,10-11H2,1H3. The van der Waals surface area contributed by atoms with Gasteiger partial charge in [-0.05, 0) is 55.7 Å². The first-order valence-electron chi connectivity index (χ1n) is 6.83. The Morgan fingerprint density at radius 3 is 2.48 bits per heavy atom. The van der Waals surface area contributed by atoms with Crippen molar-refractivity contribution in [2.24, 2.45) is 0 Å². The Bertz CT molecular complexity index is 582. The number of hydrogen-bond acceptors (Lipinski definition) is 2. The van der Waals surface area contributed by atoms with Crippen LogP contribution in [0.4, 0.5) is 0 Å². The molecule has 0 aliphatic heterocycles. The molecule has 0 saturated heterocycles. The summed E-state index contributed by atoms with van der Waals surface area (Å²) < 4.78 is 6.75. The third-order valence-electron chi connectivity index (χ3n) is 3.31. The van der Waals surface area contributed by atoms with Gasteiger partial charge in [-0.1, -0.05) is 34.1 Å². The zero-order valence-electron chi connectivity index (χ0n) is 11.9. The normalized spacial score (nSPS) is 13.7. The van der Waals surface area contributed by atoms with Gasteiger partial charge in [0.2, 0.25) is 0 Å². The van der Waals surface area contributed by atoms with Crippen molar-refractivity contribution in [1.82, 2.24) is 0 Å². The fourth-order valence-electron chi connectivity index (χ4n) is 2.10. The number of ether oxygens (including phenoxy) is 1. The summed E-state index contributed by atoms with van der Waals surface area (Å²) in [5, 5.41) is 10.4. The van der Waals surface area contributed by atoms with Crippen molar-refractivity contribution >= 4 is 27.5 Å². The van der Waals surface area contributed by atoms with Gasteiger partial charge in [0.15, 0.2) is 0 Å². The summed E-state index contributed by atoms with van der Waals surface area (Å²) in [7, 11) is 0. The Kier molecular flexibility index (Phi) is 5.68. The number of benzene rings is 2. The van der Waals surface area contributed by atoms with Crippen LogP contribution in [0, 0.1) is 0 Å². The molecule has 2 aromatic carbocycles. The SMILES string of the molecule is CC(O)(CCCCl)c1ccc(Oc2cccc(Br)c2)cc1. The molecule has 0 aliphatic rings. The first-order valence-corrected chi connectivity index (χ1v) is 8.16. The van der Waals surface area contributed by atoms with E-state index in [-0.39, 0.29) is 0 Å². The van der Waals surface area contributed by atoms with E-state index in [1.807, 2.05) is 55.5 Å². The molecule has 0 aromatic heterocycles. The van der Waals surface area contributed by atoms with Gasteiger partial charge in [0.25, 0.3) is 0 Å². The summed E-state index contributed by atoms with van der Waals surface area (Å²) in [5.41, 5.74) is 0.0117. The molecule has 21 heavy (non-hydrogen) atoms. The highest BCUT2D eigenvalue weighted by Gasteiger charge is 2.22. The molecular weight excluding hydrogens is 352 g/mol. The summed E-state index contributed by atoms with van der Waals surface area (Å²) in [5.74, 6) is 2.07. The van der Waals surface area contributed by atoms with Crippen LogP contribution in [0.1, 0.15) is 25.3 Å². The number of hydrogen-bond donors (Lipinski definition) is 1. The molecule has 112 valence electrons. The molecule has 0 fully saturated rings. The van der Waals surface area contributed by atoms with Crippen LogP contribution < -0.4 is 4.74 Å². The van der Waals surface area contributed by atoms with Gasteiger partial charge in [0.05, 0.1) is 5.60 Å². The summed E-state index contributed by atoms with van der Waals surface area (Å²) in [6.45, 7) is 1.81. The first-order chi connectivity index (χ1) is 10.0. The fraction of sp³-hybridized carbons (Fsp3) is 0.294. The lowest BCUT2D eigenvalue weighted by atomic mass is 9.91. The minimum atomic E-state index is -0.858. The number of halogens is 2. The molecule has 0 saturated carbocycles. The van der Waals surface area contributed by atoms with Gasteiger partial charge < -0.3 is 9.84 Å². The number of rotatable bonds is 6. The van der Waals surface area contributed by atoms with Crippen LogP contribution in [0.15, 0.2) is 53.0 Å². The zero-order valence-corrected chi connectivity index (χ0v) is 14.2. The second-order valence-corrected chi connectivity index (χ2v) is 6.44. The Hall–Kier alpha value is -1.03.